The number of nitrogens with zero attached hydrogens (tertiary/aromatic N) is 3. The van der Waals surface area contributed by atoms with Crippen molar-refractivity contribution >= 4 is 35.1 Å². The maximum Gasteiger partial charge on any atom is 0.408 e. The Labute approximate surface area is 277 Å². The minimum atomic E-state index is -0.960. The Morgan fingerprint density at radius 3 is 2.64 bits per heavy atom. The van der Waals surface area contributed by atoms with Crippen molar-refractivity contribution in [2.75, 3.05) is 20.3 Å². The van der Waals surface area contributed by atoms with Gasteiger partial charge in [0.25, 0.3) is 0 Å². The summed E-state index contributed by atoms with van der Waals surface area (Å²) in [7, 11) is 1.60. The highest BCUT2D eigenvalue weighted by Gasteiger charge is 2.55. The molecule has 0 spiro atoms. The smallest absolute Gasteiger partial charge is 0.408 e. The standard InChI is InChI=1S/C36H50N4O7/c1-9-24-28-19-40(29(24)33(42)45-20-21(2)3)32(41)30(35(4,5)6)39-34(43)47-36(7)18-22(36)13-11-10-12-14-26-31(46-28)38-27-17-23(44-8)15-16-25(27)37-26/h12,14-17,21-22,24,28-30H,9-11,13,18-20H2,1-8H3,(H,39,43)/b14-12+/t22-,24+,28-,29-,30+,36-/m0/s1. The topological polar surface area (TPSA) is 129 Å². The van der Waals surface area contributed by atoms with Gasteiger partial charge in [-0.25, -0.2) is 19.6 Å². The molecule has 47 heavy (non-hydrogen) atoms. The molecule has 11 nitrogen and oxygen atoms in total. The highest BCUT2D eigenvalue weighted by Crippen LogP contribution is 2.49. The Balaban J connectivity index is 1.58. The highest BCUT2D eigenvalue weighted by atomic mass is 16.6. The second kappa shape index (κ2) is 13.7. The van der Waals surface area contributed by atoms with Gasteiger partial charge in [0.15, 0.2) is 0 Å². The van der Waals surface area contributed by atoms with Gasteiger partial charge in [0.1, 0.15) is 35.2 Å². The van der Waals surface area contributed by atoms with E-state index in [0.29, 0.717) is 34.8 Å². The zero-order valence-corrected chi connectivity index (χ0v) is 29.0. The van der Waals surface area contributed by atoms with Crippen LogP contribution in [0, 0.1) is 23.2 Å². The molecule has 2 aliphatic heterocycles. The average molecular weight is 651 g/mol. The van der Waals surface area contributed by atoms with E-state index < -0.39 is 53.1 Å². The van der Waals surface area contributed by atoms with E-state index in [0.717, 1.165) is 25.7 Å². The van der Waals surface area contributed by atoms with Crippen LogP contribution >= 0.6 is 0 Å². The molecule has 1 aromatic heterocycles. The van der Waals surface area contributed by atoms with E-state index in [9.17, 15) is 14.4 Å². The van der Waals surface area contributed by atoms with Gasteiger partial charge < -0.3 is 29.2 Å². The van der Waals surface area contributed by atoms with Crippen molar-refractivity contribution in [3.8, 4) is 11.6 Å². The lowest BCUT2D eigenvalue weighted by atomic mass is 9.85. The molecule has 0 unspecified atom stereocenters. The van der Waals surface area contributed by atoms with Gasteiger partial charge in [-0.15, -0.1) is 0 Å². The largest absolute Gasteiger partial charge is 0.497 e. The molecule has 6 atom stereocenters. The van der Waals surface area contributed by atoms with Crippen LogP contribution in [0.3, 0.4) is 0 Å². The van der Waals surface area contributed by atoms with Crippen LogP contribution in [-0.2, 0) is 19.1 Å². The molecule has 3 heterocycles. The third-order valence-electron chi connectivity index (χ3n) is 9.53. The number of rotatable bonds is 5. The Hall–Kier alpha value is -3.89. The van der Waals surface area contributed by atoms with Crippen LogP contribution < -0.4 is 14.8 Å². The molecule has 11 heteroatoms. The first-order chi connectivity index (χ1) is 22.2. The van der Waals surface area contributed by atoms with Crippen LogP contribution in [0.4, 0.5) is 4.79 Å². The van der Waals surface area contributed by atoms with Gasteiger partial charge in [-0.1, -0.05) is 47.6 Å². The molecular weight excluding hydrogens is 600 g/mol. The van der Waals surface area contributed by atoms with E-state index in [1.54, 1.807) is 13.2 Å². The van der Waals surface area contributed by atoms with E-state index >= 15 is 0 Å². The third kappa shape index (κ3) is 7.65. The molecule has 1 aromatic carbocycles. The molecule has 2 amide bonds. The van der Waals surface area contributed by atoms with E-state index in [2.05, 4.69) is 11.4 Å². The van der Waals surface area contributed by atoms with Crippen LogP contribution in [-0.4, -0.2) is 76.9 Å². The highest BCUT2D eigenvalue weighted by molar-refractivity contribution is 5.91. The van der Waals surface area contributed by atoms with E-state index in [-0.39, 0.29) is 25.0 Å². The van der Waals surface area contributed by atoms with Crippen molar-refractivity contribution in [1.82, 2.24) is 20.2 Å². The Morgan fingerprint density at radius 2 is 1.96 bits per heavy atom. The number of carbonyl (C=O) groups is 3. The Bertz CT molecular complexity index is 1520. The monoisotopic (exact) mass is 650 g/mol. The average Bonchev–Trinajstić information content (AvgIpc) is 3.49. The molecule has 1 saturated heterocycles. The van der Waals surface area contributed by atoms with E-state index in [4.69, 9.17) is 28.9 Å². The number of amides is 2. The zero-order valence-electron chi connectivity index (χ0n) is 29.0. The molecule has 256 valence electrons. The minimum Gasteiger partial charge on any atom is -0.497 e. The minimum absolute atomic E-state index is 0.100. The lowest BCUT2D eigenvalue weighted by molar-refractivity contribution is -0.157. The maximum absolute atomic E-state index is 14.5. The summed E-state index contributed by atoms with van der Waals surface area (Å²) in [5, 5.41) is 2.87. The maximum atomic E-state index is 14.5. The number of hydrogen-bond donors (Lipinski definition) is 1. The lowest BCUT2D eigenvalue weighted by Crippen LogP contribution is -2.57. The van der Waals surface area contributed by atoms with Crippen molar-refractivity contribution in [2.45, 2.75) is 104 Å². The third-order valence-corrected chi connectivity index (χ3v) is 9.53. The van der Waals surface area contributed by atoms with E-state index in [1.807, 2.05) is 66.7 Å². The van der Waals surface area contributed by atoms with Crippen molar-refractivity contribution in [3.05, 3.63) is 30.0 Å². The second-order valence-corrected chi connectivity index (χ2v) is 14.8. The fourth-order valence-corrected chi connectivity index (χ4v) is 6.66. The summed E-state index contributed by atoms with van der Waals surface area (Å²) in [6, 6.07) is 3.63. The summed E-state index contributed by atoms with van der Waals surface area (Å²) in [5.74, 6) is 0.0321. The first-order valence-electron chi connectivity index (χ1n) is 16.9. The second-order valence-electron chi connectivity index (χ2n) is 14.8. The van der Waals surface area contributed by atoms with Crippen LogP contribution in [0.15, 0.2) is 24.3 Å². The van der Waals surface area contributed by atoms with Gasteiger partial charge in [-0.3, -0.25) is 4.79 Å². The number of hydrogen-bond acceptors (Lipinski definition) is 9. The number of alkyl carbamates (subject to hydrolysis) is 1. The number of nitrogens with one attached hydrogen (secondary N) is 1. The summed E-state index contributed by atoms with van der Waals surface area (Å²) in [4.78, 5) is 52.8. The molecule has 1 aliphatic carbocycles. The summed E-state index contributed by atoms with van der Waals surface area (Å²) < 4.78 is 23.8. The molecular formula is C36H50N4O7. The van der Waals surface area contributed by atoms with Crippen LogP contribution in [0.2, 0.25) is 0 Å². The quantitative estimate of drug-likeness (QED) is 0.391. The van der Waals surface area contributed by atoms with Crippen molar-refractivity contribution < 1.29 is 33.3 Å². The number of ether oxygens (including phenoxy) is 4. The number of fused-ring (bicyclic) bond motifs is 5. The Kier molecular flexibility index (Phi) is 10.0. The van der Waals surface area contributed by atoms with Crippen LogP contribution in [0.1, 0.15) is 86.3 Å². The predicted octanol–water partition coefficient (Wildman–Crippen LogP) is 5.94. The summed E-state index contributed by atoms with van der Waals surface area (Å²) in [6.07, 6.45) is 6.68. The van der Waals surface area contributed by atoms with Gasteiger partial charge in [0.2, 0.25) is 11.8 Å². The molecule has 1 N–H and O–H groups in total. The van der Waals surface area contributed by atoms with Gasteiger partial charge in [0, 0.05) is 17.9 Å². The van der Waals surface area contributed by atoms with Crippen molar-refractivity contribution in [3.63, 3.8) is 0 Å². The molecule has 2 bridgehead atoms. The molecule has 0 radical (unpaired) electrons. The van der Waals surface area contributed by atoms with Crippen LogP contribution in [0.25, 0.3) is 17.1 Å². The lowest BCUT2D eigenvalue weighted by Gasteiger charge is -2.35. The normalized spacial score (nSPS) is 29.0. The van der Waals surface area contributed by atoms with Gasteiger partial charge in [-0.2, -0.15) is 0 Å². The summed E-state index contributed by atoms with van der Waals surface area (Å²) in [6.45, 7) is 13.8. The molecule has 1 saturated carbocycles. The SMILES string of the molecule is CC[C@@H]1[C@@H]2CN(C(=O)[C@H](C(C)(C)C)NC(=O)O[C@@]3(C)C[C@@H]3CCC/C=C/c3nc4ccc(OC)cc4nc3O2)[C@@H]1C(=O)OCC(C)C. The van der Waals surface area contributed by atoms with Crippen molar-refractivity contribution in [2.24, 2.45) is 23.2 Å². The number of carbonyl (C=O) groups excluding carboxylic acids is 3. The summed E-state index contributed by atoms with van der Waals surface area (Å²) >= 11 is 0. The first kappa shape index (κ1) is 34.4. The van der Waals surface area contributed by atoms with Crippen molar-refractivity contribution in [1.29, 1.82) is 0 Å². The van der Waals surface area contributed by atoms with Gasteiger partial charge >= 0.3 is 12.1 Å². The number of allylic oxidation sites excluding steroid dienone is 1. The van der Waals surface area contributed by atoms with Crippen LogP contribution in [0.5, 0.6) is 11.6 Å². The number of aromatic nitrogens is 2. The molecule has 3 aliphatic rings. The fourth-order valence-electron chi connectivity index (χ4n) is 6.66. The zero-order chi connectivity index (χ0) is 34.1. The fraction of sp³-hybridized carbons (Fsp3) is 0.639. The molecule has 5 rings (SSSR count). The number of benzene rings is 1. The van der Waals surface area contributed by atoms with Gasteiger partial charge in [-0.05, 0) is 68.6 Å². The molecule has 2 fully saturated rings. The van der Waals surface area contributed by atoms with E-state index in [1.165, 1.54) is 4.90 Å². The number of methoxy groups -OCH3 is 1. The predicted molar refractivity (Wildman–Crippen MR) is 178 cm³/mol. The molecule has 2 aromatic rings. The Morgan fingerprint density at radius 1 is 1.19 bits per heavy atom. The number of esters is 1. The first-order valence-corrected chi connectivity index (χ1v) is 16.9. The van der Waals surface area contributed by atoms with Gasteiger partial charge in [0.05, 0.1) is 31.3 Å². The summed E-state index contributed by atoms with van der Waals surface area (Å²) in [5.41, 5.74) is 0.608.